The number of nitrogens with two attached hydrogens (primary N) is 1. The highest BCUT2D eigenvalue weighted by Gasteiger charge is 2.26. The van der Waals surface area contributed by atoms with Gasteiger partial charge in [0.2, 0.25) is 0 Å². The van der Waals surface area contributed by atoms with E-state index in [1.165, 1.54) is 0 Å². The summed E-state index contributed by atoms with van der Waals surface area (Å²) in [4.78, 5) is 11.8. The number of halogens is 1. The first kappa shape index (κ1) is 13.4. The van der Waals surface area contributed by atoms with Crippen LogP contribution in [0.3, 0.4) is 0 Å². The Kier molecular flexibility index (Phi) is 4.24. The maximum Gasteiger partial charge on any atom is 0.260 e. The van der Waals surface area contributed by atoms with Crippen LogP contribution in [0.4, 0.5) is 0 Å². The quantitative estimate of drug-likeness (QED) is 0.873. The van der Waals surface area contributed by atoms with Crippen LogP contribution in [0.2, 0.25) is 0 Å². The zero-order valence-corrected chi connectivity index (χ0v) is 11.9. The van der Waals surface area contributed by atoms with E-state index in [1.54, 1.807) is 6.92 Å². The van der Waals surface area contributed by atoms with Crippen molar-refractivity contribution in [3.05, 3.63) is 28.2 Å². The molecule has 0 aliphatic heterocycles. The molecule has 1 saturated carbocycles. The van der Waals surface area contributed by atoms with Gasteiger partial charge in [0.15, 0.2) is 6.10 Å². The number of hydrogen-bond donors (Lipinski definition) is 2. The van der Waals surface area contributed by atoms with Gasteiger partial charge in [-0.2, -0.15) is 0 Å². The van der Waals surface area contributed by atoms with Crippen molar-refractivity contribution in [1.29, 1.82) is 0 Å². The lowest BCUT2D eigenvalue weighted by Crippen LogP contribution is -2.37. The highest BCUT2D eigenvalue weighted by atomic mass is 79.9. The van der Waals surface area contributed by atoms with Crippen LogP contribution in [0.5, 0.6) is 5.75 Å². The van der Waals surface area contributed by atoms with Gasteiger partial charge < -0.3 is 15.8 Å². The molecule has 1 atom stereocenters. The van der Waals surface area contributed by atoms with Crippen LogP contribution >= 0.6 is 15.9 Å². The lowest BCUT2D eigenvalue weighted by molar-refractivity contribution is -0.127. The Morgan fingerprint density at radius 1 is 1.61 bits per heavy atom. The van der Waals surface area contributed by atoms with Crippen LogP contribution in [-0.2, 0) is 11.3 Å². The van der Waals surface area contributed by atoms with Crippen molar-refractivity contribution in [2.75, 3.05) is 0 Å². The molecule has 1 unspecified atom stereocenters. The Bertz CT molecular complexity index is 447. The first-order valence-corrected chi connectivity index (χ1v) is 6.85. The molecule has 0 saturated heterocycles. The number of amides is 1. The van der Waals surface area contributed by atoms with Gasteiger partial charge in [-0.15, -0.1) is 0 Å². The minimum atomic E-state index is -0.503. The third-order valence-electron chi connectivity index (χ3n) is 2.84. The van der Waals surface area contributed by atoms with Crippen molar-refractivity contribution in [3.8, 4) is 5.75 Å². The van der Waals surface area contributed by atoms with Gasteiger partial charge in [-0.3, -0.25) is 4.79 Å². The fourth-order valence-electron chi connectivity index (χ4n) is 1.61. The van der Waals surface area contributed by atoms with Gasteiger partial charge in [0.1, 0.15) is 5.75 Å². The third kappa shape index (κ3) is 3.46. The van der Waals surface area contributed by atoms with Crippen LogP contribution < -0.4 is 15.8 Å². The van der Waals surface area contributed by atoms with Crippen molar-refractivity contribution >= 4 is 21.8 Å². The summed E-state index contributed by atoms with van der Waals surface area (Å²) in [6.07, 6.45) is 1.65. The van der Waals surface area contributed by atoms with Crippen LogP contribution in [0, 0.1) is 0 Å². The zero-order chi connectivity index (χ0) is 13.1. The first-order valence-electron chi connectivity index (χ1n) is 6.05. The molecule has 18 heavy (non-hydrogen) atoms. The topological polar surface area (TPSA) is 64.3 Å². The summed E-state index contributed by atoms with van der Waals surface area (Å²) in [5.74, 6) is 0.600. The second-order valence-electron chi connectivity index (χ2n) is 4.50. The Labute approximate surface area is 115 Å². The van der Waals surface area contributed by atoms with E-state index in [-0.39, 0.29) is 5.91 Å². The summed E-state index contributed by atoms with van der Waals surface area (Å²) >= 11 is 3.38. The molecular weight excluding hydrogens is 296 g/mol. The Hall–Kier alpha value is -1.07. The molecule has 2 rings (SSSR count). The van der Waals surface area contributed by atoms with Gasteiger partial charge in [0, 0.05) is 22.6 Å². The predicted octanol–water partition coefficient (Wildman–Crippen LogP) is 1.95. The molecule has 1 amide bonds. The van der Waals surface area contributed by atoms with Crippen LogP contribution in [0.25, 0.3) is 0 Å². The van der Waals surface area contributed by atoms with Gasteiger partial charge in [0.25, 0.3) is 5.91 Å². The molecule has 1 fully saturated rings. The minimum absolute atomic E-state index is 0.0663. The number of hydrogen-bond acceptors (Lipinski definition) is 3. The van der Waals surface area contributed by atoms with E-state index >= 15 is 0 Å². The lowest BCUT2D eigenvalue weighted by Gasteiger charge is -2.17. The van der Waals surface area contributed by atoms with E-state index < -0.39 is 6.10 Å². The molecular formula is C13H17BrN2O2. The summed E-state index contributed by atoms with van der Waals surface area (Å²) in [5.41, 5.74) is 6.55. The van der Waals surface area contributed by atoms with Gasteiger partial charge in [-0.25, -0.2) is 0 Å². The maximum absolute atomic E-state index is 11.8. The number of ether oxygens (including phenoxy) is 1. The van der Waals surface area contributed by atoms with Crippen molar-refractivity contribution < 1.29 is 9.53 Å². The van der Waals surface area contributed by atoms with Gasteiger partial charge >= 0.3 is 0 Å². The highest BCUT2D eigenvalue weighted by molar-refractivity contribution is 9.10. The SMILES string of the molecule is CC(Oc1ccc(Br)cc1CN)C(=O)NC1CC1. The summed E-state index contributed by atoms with van der Waals surface area (Å²) < 4.78 is 6.62. The van der Waals surface area contributed by atoms with E-state index in [2.05, 4.69) is 21.2 Å². The third-order valence-corrected chi connectivity index (χ3v) is 3.33. The number of nitrogens with one attached hydrogen (secondary N) is 1. The molecule has 3 N–H and O–H groups in total. The summed E-state index contributed by atoms with van der Waals surface area (Å²) in [6.45, 7) is 2.13. The molecule has 5 heteroatoms. The van der Waals surface area contributed by atoms with Crippen LogP contribution in [0.15, 0.2) is 22.7 Å². The van der Waals surface area contributed by atoms with Crippen molar-refractivity contribution in [2.24, 2.45) is 5.73 Å². The van der Waals surface area contributed by atoms with Crippen molar-refractivity contribution in [2.45, 2.75) is 38.5 Å². The molecule has 1 aromatic rings. The van der Waals surface area contributed by atoms with Crippen LogP contribution in [-0.4, -0.2) is 18.1 Å². The normalized spacial score (nSPS) is 16.2. The Morgan fingerprint density at radius 3 is 2.94 bits per heavy atom. The zero-order valence-electron chi connectivity index (χ0n) is 10.3. The van der Waals surface area contributed by atoms with Crippen LogP contribution in [0.1, 0.15) is 25.3 Å². The lowest BCUT2D eigenvalue weighted by atomic mass is 10.2. The molecule has 1 aliphatic rings. The van der Waals surface area contributed by atoms with E-state index in [4.69, 9.17) is 10.5 Å². The monoisotopic (exact) mass is 312 g/mol. The van der Waals surface area contributed by atoms with Gasteiger partial charge in [-0.05, 0) is 38.0 Å². The van der Waals surface area contributed by atoms with Gasteiger partial charge in [-0.1, -0.05) is 15.9 Å². The first-order chi connectivity index (χ1) is 8.60. The predicted molar refractivity (Wildman–Crippen MR) is 73.3 cm³/mol. The minimum Gasteiger partial charge on any atom is -0.481 e. The van der Waals surface area contributed by atoms with E-state index in [0.29, 0.717) is 18.3 Å². The van der Waals surface area contributed by atoms with E-state index in [0.717, 1.165) is 22.9 Å². The van der Waals surface area contributed by atoms with Crippen molar-refractivity contribution in [3.63, 3.8) is 0 Å². The van der Waals surface area contributed by atoms with E-state index in [1.807, 2.05) is 18.2 Å². The summed E-state index contributed by atoms with van der Waals surface area (Å²) in [5, 5.41) is 2.92. The molecule has 1 aliphatic carbocycles. The molecule has 0 spiro atoms. The smallest absolute Gasteiger partial charge is 0.260 e. The molecule has 0 radical (unpaired) electrons. The molecule has 98 valence electrons. The molecule has 0 aromatic heterocycles. The maximum atomic E-state index is 11.8. The molecule has 0 heterocycles. The number of benzene rings is 1. The summed E-state index contributed by atoms with van der Waals surface area (Å²) in [7, 11) is 0. The number of carbonyl (C=O) groups is 1. The van der Waals surface area contributed by atoms with E-state index in [9.17, 15) is 4.79 Å². The second kappa shape index (κ2) is 5.71. The highest BCUT2D eigenvalue weighted by Crippen LogP contribution is 2.24. The average Bonchev–Trinajstić information content (AvgIpc) is 3.15. The Balaban J connectivity index is 2.00. The summed E-state index contributed by atoms with van der Waals surface area (Å²) in [6, 6.07) is 5.95. The van der Waals surface area contributed by atoms with Crippen molar-refractivity contribution in [1.82, 2.24) is 5.32 Å². The van der Waals surface area contributed by atoms with Gasteiger partial charge in [0.05, 0.1) is 0 Å². The standard InChI is InChI=1S/C13H17BrN2O2/c1-8(13(17)16-11-3-4-11)18-12-5-2-10(14)6-9(12)7-15/h2,5-6,8,11H,3-4,7,15H2,1H3,(H,16,17). The molecule has 4 nitrogen and oxygen atoms in total. The number of carbonyl (C=O) groups excluding carboxylic acids is 1. The molecule has 1 aromatic carbocycles. The second-order valence-corrected chi connectivity index (χ2v) is 5.41. The average molecular weight is 313 g/mol. The fourth-order valence-corrected chi connectivity index (χ4v) is 2.02. The Morgan fingerprint density at radius 2 is 2.33 bits per heavy atom. The molecule has 0 bridgehead atoms. The largest absolute Gasteiger partial charge is 0.481 e. The number of rotatable bonds is 5. The fraction of sp³-hybridized carbons (Fsp3) is 0.462.